The molecular weight excluding hydrogens is 314 g/mol. The molecule has 0 unspecified atom stereocenters. The Balaban J connectivity index is 1.54. The lowest BCUT2D eigenvalue weighted by atomic mass is 9.82. The van der Waals surface area contributed by atoms with Gasteiger partial charge in [0.2, 0.25) is 5.91 Å². The molecular formula is C20H21N3O2. The highest BCUT2D eigenvalue weighted by Crippen LogP contribution is 2.38. The van der Waals surface area contributed by atoms with E-state index >= 15 is 0 Å². The van der Waals surface area contributed by atoms with E-state index in [0.717, 1.165) is 34.5 Å². The summed E-state index contributed by atoms with van der Waals surface area (Å²) in [7, 11) is 0. The molecule has 1 amide bonds. The van der Waals surface area contributed by atoms with E-state index in [1.807, 2.05) is 35.2 Å². The molecule has 1 saturated carbocycles. The van der Waals surface area contributed by atoms with Crippen LogP contribution in [0.25, 0.3) is 11.0 Å². The second kappa shape index (κ2) is 5.76. The number of aromatic amines is 1. The lowest BCUT2D eigenvalue weighted by Crippen LogP contribution is -2.41. The molecule has 0 spiro atoms. The van der Waals surface area contributed by atoms with Crippen LogP contribution in [0.5, 0.6) is 0 Å². The number of furan rings is 1. The number of benzene rings is 1. The van der Waals surface area contributed by atoms with E-state index in [9.17, 15) is 4.79 Å². The zero-order valence-corrected chi connectivity index (χ0v) is 14.1. The molecule has 1 N–H and O–H groups in total. The number of nitrogens with one attached hydrogen (secondary N) is 1. The Kier molecular flexibility index (Phi) is 3.40. The minimum atomic E-state index is -0.227. The van der Waals surface area contributed by atoms with Crippen LogP contribution in [0.1, 0.15) is 48.9 Å². The normalized spacial score (nSPS) is 20.5. The smallest absolute Gasteiger partial charge is 0.223 e. The third kappa shape index (κ3) is 2.46. The topological polar surface area (TPSA) is 62.1 Å². The van der Waals surface area contributed by atoms with Crippen LogP contribution in [0, 0.1) is 5.92 Å². The van der Waals surface area contributed by atoms with Crippen LogP contribution in [-0.4, -0.2) is 27.3 Å². The van der Waals surface area contributed by atoms with Gasteiger partial charge in [0.1, 0.15) is 17.4 Å². The highest BCUT2D eigenvalue weighted by Gasteiger charge is 2.37. The van der Waals surface area contributed by atoms with Crippen molar-refractivity contribution in [1.82, 2.24) is 14.9 Å². The molecule has 2 aromatic heterocycles. The van der Waals surface area contributed by atoms with Gasteiger partial charge in [-0.2, -0.15) is 0 Å². The van der Waals surface area contributed by atoms with Crippen molar-refractivity contribution in [1.29, 1.82) is 0 Å². The largest absolute Gasteiger partial charge is 0.458 e. The number of amides is 1. The predicted octanol–water partition coefficient (Wildman–Crippen LogP) is 3.82. The number of fused-ring (bicyclic) bond motifs is 2. The van der Waals surface area contributed by atoms with Gasteiger partial charge in [0, 0.05) is 30.5 Å². The molecule has 5 heteroatoms. The van der Waals surface area contributed by atoms with E-state index in [2.05, 4.69) is 9.97 Å². The maximum atomic E-state index is 13.0. The van der Waals surface area contributed by atoms with E-state index in [1.54, 1.807) is 6.33 Å². The molecule has 1 aliphatic carbocycles. The molecule has 1 fully saturated rings. The van der Waals surface area contributed by atoms with E-state index in [-0.39, 0.29) is 11.9 Å². The fraction of sp³-hybridized carbons (Fsp3) is 0.400. The Hall–Kier alpha value is -2.56. The van der Waals surface area contributed by atoms with E-state index in [4.69, 9.17) is 4.42 Å². The van der Waals surface area contributed by atoms with Gasteiger partial charge in [0.25, 0.3) is 0 Å². The SMILES string of the molecule is O=C(CC1CCC1)N1CCc2[nH]cnc2[C@H]1c1cc2ccccc2o1. The number of carbonyl (C=O) groups excluding carboxylic acids is 1. The van der Waals surface area contributed by atoms with Gasteiger partial charge in [-0.15, -0.1) is 0 Å². The second-order valence-corrected chi connectivity index (χ2v) is 7.19. The minimum Gasteiger partial charge on any atom is -0.458 e. The van der Waals surface area contributed by atoms with Crippen molar-refractivity contribution in [2.75, 3.05) is 6.54 Å². The number of H-pyrrole nitrogens is 1. The number of carbonyl (C=O) groups is 1. The minimum absolute atomic E-state index is 0.226. The number of hydrogen-bond donors (Lipinski definition) is 1. The van der Waals surface area contributed by atoms with Crippen LogP contribution < -0.4 is 0 Å². The highest BCUT2D eigenvalue weighted by molar-refractivity contribution is 5.80. The summed E-state index contributed by atoms with van der Waals surface area (Å²) >= 11 is 0. The number of nitrogens with zero attached hydrogens (tertiary/aromatic N) is 2. The summed E-state index contributed by atoms with van der Waals surface area (Å²) in [4.78, 5) is 22.7. The average molecular weight is 335 g/mol. The molecule has 1 aromatic carbocycles. The van der Waals surface area contributed by atoms with Crippen LogP contribution in [0.2, 0.25) is 0 Å². The van der Waals surface area contributed by atoms with Crippen molar-refractivity contribution < 1.29 is 9.21 Å². The zero-order chi connectivity index (χ0) is 16.8. The summed E-state index contributed by atoms with van der Waals surface area (Å²) in [5, 5.41) is 1.06. The number of imidazole rings is 1. The third-order valence-corrected chi connectivity index (χ3v) is 5.65. The van der Waals surface area contributed by atoms with Crippen molar-refractivity contribution in [2.45, 2.75) is 38.1 Å². The summed E-state index contributed by atoms with van der Waals surface area (Å²) in [5.41, 5.74) is 2.89. The first-order chi connectivity index (χ1) is 12.3. The van der Waals surface area contributed by atoms with E-state index in [0.29, 0.717) is 18.9 Å². The van der Waals surface area contributed by atoms with Crippen molar-refractivity contribution in [3.05, 3.63) is 53.8 Å². The molecule has 5 nitrogen and oxygen atoms in total. The number of hydrogen-bond acceptors (Lipinski definition) is 3. The van der Waals surface area contributed by atoms with Gasteiger partial charge in [0.05, 0.1) is 12.0 Å². The molecule has 3 heterocycles. The number of para-hydroxylation sites is 1. The highest BCUT2D eigenvalue weighted by atomic mass is 16.3. The quantitative estimate of drug-likeness (QED) is 0.791. The Labute approximate surface area is 146 Å². The first kappa shape index (κ1) is 14.8. The van der Waals surface area contributed by atoms with Gasteiger partial charge >= 0.3 is 0 Å². The Morgan fingerprint density at radius 3 is 3.00 bits per heavy atom. The summed E-state index contributed by atoms with van der Waals surface area (Å²) < 4.78 is 6.11. The van der Waals surface area contributed by atoms with Crippen LogP contribution in [0.15, 0.2) is 41.1 Å². The Bertz CT molecular complexity index is 889. The monoisotopic (exact) mass is 335 g/mol. The standard InChI is InChI=1S/C20H21N3O2/c24-18(10-13-4-3-5-13)23-9-8-15-19(22-12-21-15)20(23)17-11-14-6-1-2-7-16(14)25-17/h1-2,6-7,11-13,20H,3-5,8-10H2,(H,21,22)/t20-/m1/s1. The predicted molar refractivity (Wildman–Crippen MR) is 94.0 cm³/mol. The van der Waals surface area contributed by atoms with Gasteiger partial charge in [-0.25, -0.2) is 4.98 Å². The molecule has 128 valence electrons. The average Bonchev–Trinajstić information content (AvgIpc) is 3.22. The van der Waals surface area contributed by atoms with Gasteiger partial charge in [-0.05, 0) is 30.9 Å². The van der Waals surface area contributed by atoms with Crippen molar-refractivity contribution >= 4 is 16.9 Å². The third-order valence-electron chi connectivity index (χ3n) is 5.65. The molecule has 0 saturated heterocycles. The fourth-order valence-electron chi connectivity index (χ4n) is 4.03. The first-order valence-corrected chi connectivity index (χ1v) is 9.09. The lowest BCUT2D eigenvalue weighted by molar-refractivity contribution is -0.135. The van der Waals surface area contributed by atoms with Crippen LogP contribution in [-0.2, 0) is 11.2 Å². The summed E-state index contributed by atoms with van der Waals surface area (Å²) in [5.74, 6) is 1.59. The lowest BCUT2D eigenvalue weighted by Gasteiger charge is -2.36. The first-order valence-electron chi connectivity index (χ1n) is 9.09. The zero-order valence-electron chi connectivity index (χ0n) is 14.1. The van der Waals surface area contributed by atoms with Gasteiger partial charge in [0.15, 0.2) is 0 Å². The number of aromatic nitrogens is 2. The summed E-state index contributed by atoms with van der Waals surface area (Å²) in [6, 6.07) is 9.80. The molecule has 0 bridgehead atoms. The molecule has 1 aliphatic heterocycles. The molecule has 25 heavy (non-hydrogen) atoms. The van der Waals surface area contributed by atoms with Crippen LogP contribution in [0.3, 0.4) is 0 Å². The number of rotatable bonds is 3. The van der Waals surface area contributed by atoms with Crippen molar-refractivity contribution in [3.8, 4) is 0 Å². The van der Waals surface area contributed by atoms with Crippen molar-refractivity contribution in [3.63, 3.8) is 0 Å². The molecule has 1 atom stereocenters. The summed E-state index contributed by atoms with van der Waals surface area (Å²) in [6.45, 7) is 0.711. The van der Waals surface area contributed by atoms with Crippen LogP contribution in [0.4, 0.5) is 0 Å². The van der Waals surface area contributed by atoms with E-state index in [1.165, 1.54) is 19.3 Å². The maximum Gasteiger partial charge on any atom is 0.223 e. The molecule has 5 rings (SSSR count). The van der Waals surface area contributed by atoms with Gasteiger partial charge in [-0.1, -0.05) is 24.6 Å². The van der Waals surface area contributed by atoms with Crippen molar-refractivity contribution in [2.24, 2.45) is 5.92 Å². The Morgan fingerprint density at radius 2 is 2.20 bits per heavy atom. The second-order valence-electron chi connectivity index (χ2n) is 7.19. The molecule has 3 aromatic rings. The Morgan fingerprint density at radius 1 is 1.32 bits per heavy atom. The fourth-order valence-corrected chi connectivity index (χ4v) is 4.03. The van der Waals surface area contributed by atoms with Crippen LogP contribution >= 0.6 is 0 Å². The summed E-state index contributed by atoms with van der Waals surface area (Å²) in [6.07, 6.45) is 6.82. The van der Waals surface area contributed by atoms with Gasteiger partial charge in [-0.3, -0.25) is 4.79 Å². The van der Waals surface area contributed by atoms with Gasteiger partial charge < -0.3 is 14.3 Å². The molecule has 2 aliphatic rings. The van der Waals surface area contributed by atoms with E-state index < -0.39 is 0 Å². The maximum absolute atomic E-state index is 13.0. The molecule has 0 radical (unpaired) electrons.